The van der Waals surface area contributed by atoms with Crippen molar-refractivity contribution in [3.05, 3.63) is 35.4 Å². The number of rotatable bonds is 5. The van der Waals surface area contributed by atoms with Gasteiger partial charge in [0.2, 0.25) is 0 Å². The largest absolute Gasteiger partial charge is 0.383 e. The Morgan fingerprint density at radius 1 is 1.24 bits per heavy atom. The molecule has 0 radical (unpaired) electrons. The molecular weight excluding hydrogens is 210 g/mol. The molecule has 3 rings (SSSR count). The third-order valence-corrected chi connectivity index (χ3v) is 4.07. The molecular formula is C15H21NO. The Morgan fingerprint density at radius 2 is 2.06 bits per heavy atom. The molecule has 2 nitrogen and oxygen atoms in total. The zero-order valence-electron chi connectivity index (χ0n) is 10.6. The number of benzene rings is 1. The molecule has 2 aliphatic carbocycles. The van der Waals surface area contributed by atoms with Gasteiger partial charge in [-0.1, -0.05) is 24.3 Å². The number of hydrogen-bond acceptors (Lipinski definition) is 2. The standard InChI is InChI=1S/C15H21NO/c1-17-11-10-16(13-7-8-13)15-9-6-12-4-2-3-5-14(12)15/h2-5,13,15H,6-11H2,1H3/t15-/m0/s1. The van der Waals surface area contributed by atoms with Crippen LogP contribution in [0.5, 0.6) is 0 Å². The predicted molar refractivity (Wildman–Crippen MR) is 69.1 cm³/mol. The fourth-order valence-corrected chi connectivity index (χ4v) is 3.07. The average Bonchev–Trinajstić information content (AvgIpc) is 3.11. The van der Waals surface area contributed by atoms with Gasteiger partial charge >= 0.3 is 0 Å². The predicted octanol–water partition coefficient (Wildman–Crippen LogP) is 2.78. The van der Waals surface area contributed by atoms with Crippen LogP contribution in [0, 0.1) is 0 Å². The van der Waals surface area contributed by atoms with E-state index >= 15 is 0 Å². The van der Waals surface area contributed by atoms with Gasteiger partial charge in [-0.15, -0.1) is 0 Å². The second-order valence-corrected chi connectivity index (χ2v) is 5.22. The van der Waals surface area contributed by atoms with E-state index in [1.807, 2.05) is 0 Å². The first-order valence-electron chi connectivity index (χ1n) is 6.72. The van der Waals surface area contributed by atoms with E-state index in [0.717, 1.165) is 19.2 Å². The highest BCUT2D eigenvalue weighted by atomic mass is 16.5. The molecule has 1 fully saturated rings. The van der Waals surface area contributed by atoms with Gasteiger partial charge in [0.1, 0.15) is 0 Å². The molecule has 92 valence electrons. The summed E-state index contributed by atoms with van der Waals surface area (Å²) in [5.74, 6) is 0. The van der Waals surface area contributed by atoms with E-state index in [1.54, 1.807) is 18.2 Å². The van der Waals surface area contributed by atoms with Gasteiger partial charge in [0.05, 0.1) is 6.61 Å². The molecule has 0 bridgehead atoms. The Hall–Kier alpha value is -0.860. The van der Waals surface area contributed by atoms with E-state index in [1.165, 1.54) is 25.7 Å². The summed E-state index contributed by atoms with van der Waals surface area (Å²) in [6.45, 7) is 1.94. The Balaban J connectivity index is 1.78. The zero-order valence-corrected chi connectivity index (χ0v) is 10.6. The highest BCUT2D eigenvalue weighted by molar-refractivity contribution is 5.34. The van der Waals surface area contributed by atoms with Crippen LogP contribution in [0.2, 0.25) is 0 Å². The van der Waals surface area contributed by atoms with Crippen LogP contribution in [-0.4, -0.2) is 31.2 Å². The summed E-state index contributed by atoms with van der Waals surface area (Å²) >= 11 is 0. The third-order valence-electron chi connectivity index (χ3n) is 4.07. The summed E-state index contributed by atoms with van der Waals surface area (Å²) in [5.41, 5.74) is 3.12. The average molecular weight is 231 g/mol. The molecule has 2 aliphatic rings. The molecule has 17 heavy (non-hydrogen) atoms. The summed E-state index contributed by atoms with van der Waals surface area (Å²) in [7, 11) is 1.80. The molecule has 0 aromatic heterocycles. The van der Waals surface area contributed by atoms with E-state index < -0.39 is 0 Å². The summed E-state index contributed by atoms with van der Waals surface area (Å²) in [6, 6.07) is 10.4. The maximum atomic E-state index is 5.26. The molecule has 0 aliphatic heterocycles. The van der Waals surface area contributed by atoms with Crippen LogP contribution < -0.4 is 0 Å². The van der Waals surface area contributed by atoms with E-state index in [0.29, 0.717) is 6.04 Å². The maximum absolute atomic E-state index is 5.26. The molecule has 2 heteroatoms. The van der Waals surface area contributed by atoms with Crippen LogP contribution >= 0.6 is 0 Å². The molecule has 1 aromatic rings. The van der Waals surface area contributed by atoms with E-state index in [-0.39, 0.29) is 0 Å². The fourth-order valence-electron chi connectivity index (χ4n) is 3.07. The van der Waals surface area contributed by atoms with Crippen molar-refractivity contribution in [1.82, 2.24) is 4.90 Å². The number of hydrogen-bond donors (Lipinski definition) is 0. The van der Waals surface area contributed by atoms with Crippen LogP contribution in [0.4, 0.5) is 0 Å². The first-order chi connectivity index (χ1) is 8.40. The van der Waals surface area contributed by atoms with Crippen molar-refractivity contribution < 1.29 is 4.74 Å². The zero-order chi connectivity index (χ0) is 11.7. The van der Waals surface area contributed by atoms with Gasteiger partial charge in [-0.3, -0.25) is 4.90 Å². The molecule has 1 saturated carbocycles. The summed E-state index contributed by atoms with van der Waals surface area (Å²) in [4.78, 5) is 2.68. The van der Waals surface area contributed by atoms with Gasteiger partial charge in [0.15, 0.2) is 0 Å². The lowest BCUT2D eigenvalue weighted by Crippen LogP contribution is -2.32. The van der Waals surface area contributed by atoms with Gasteiger partial charge in [-0.2, -0.15) is 0 Å². The molecule has 0 spiro atoms. The number of fused-ring (bicyclic) bond motifs is 1. The van der Waals surface area contributed by atoms with Gasteiger partial charge in [-0.05, 0) is 36.8 Å². The van der Waals surface area contributed by atoms with Gasteiger partial charge in [-0.25, -0.2) is 0 Å². The number of ether oxygens (including phenoxy) is 1. The van der Waals surface area contributed by atoms with Crippen LogP contribution in [0.3, 0.4) is 0 Å². The Morgan fingerprint density at radius 3 is 2.82 bits per heavy atom. The van der Waals surface area contributed by atoms with Crippen molar-refractivity contribution in [2.75, 3.05) is 20.3 Å². The first-order valence-corrected chi connectivity index (χ1v) is 6.72. The number of methoxy groups -OCH3 is 1. The van der Waals surface area contributed by atoms with Gasteiger partial charge < -0.3 is 4.74 Å². The summed E-state index contributed by atoms with van der Waals surface area (Å²) in [6.07, 6.45) is 5.29. The minimum absolute atomic E-state index is 0.647. The van der Waals surface area contributed by atoms with Crippen molar-refractivity contribution >= 4 is 0 Å². The highest BCUT2D eigenvalue weighted by Gasteiger charge is 2.36. The molecule has 0 heterocycles. The molecule has 1 aromatic carbocycles. The van der Waals surface area contributed by atoms with Crippen molar-refractivity contribution in [2.24, 2.45) is 0 Å². The van der Waals surface area contributed by atoms with E-state index in [9.17, 15) is 0 Å². The third kappa shape index (κ3) is 2.24. The molecule has 1 atom stereocenters. The Bertz CT molecular complexity index is 386. The lowest BCUT2D eigenvalue weighted by atomic mass is 10.1. The van der Waals surface area contributed by atoms with Crippen molar-refractivity contribution in [3.63, 3.8) is 0 Å². The fraction of sp³-hybridized carbons (Fsp3) is 0.600. The quantitative estimate of drug-likeness (QED) is 0.772. The molecule has 0 saturated heterocycles. The summed E-state index contributed by atoms with van der Waals surface area (Å²) < 4.78 is 5.26. The van der Waals surface area contributed by atoms with Crippen LogP contribution in [-0.2, 0) is 11.2 Å². The van der Waals surface area contributed by atoms with E-state index in [4.69, 9.17) is 4.74 Å². The van der Waals surface area contributed by atoms with Crippen molar-refractivity contribution in [3.8, 4) is 0 Å². The number of nitrogens with zero attached hydrogens (tertiary/aromatic N) is 1. The van der Waals surface area contributed by atoms with Crippen LogP contribution in [0.15, 0.2) is 24.3 Å². The Labute approximate surface area is 104 Å². The molecule has 0 amide bonds. The first kappa shape index (κ1) is 11.2. The van der Waals surface area contributed by atoms with Crippen molar-refractivity contribution in [2.45, 2.75) is 37.8 Å². The Kier molecular flexibility index (Phi) is 3.17. The highest BCUT2D eigenvalue weighted by Crippen LogP contribution is 2.41. The second kappa shape index (κ2) is 4.79. The number of aryl methyl sites for hydroxylation is 1. The van der Waals surface area contributed by atoms with Gasteiger partial charge in [0.25, 0.3) is 0 Å². The maximum Gasteiger partial charge on any atom is 0.0590 e. The van der Waals surface area contributed by atoms with E-state index in [2.05, 4.69) is 29.2 Å². The minimum atomic E-state index is 0.647. The normalized spacial score (nSPS) is 23.1. The monoisotopic (exact) mass is 231 g/mol. The minimum Gasteiger partial charge on any atom is -0.383 e. The lowest BCUT2D eigenvalue weighted by Gasteiger charge is -2.29. The van der Waals surface area contributed by atoms with Crippen molar-refractivity contribution in [1.29, 1.82) is 0 Å². The molecule has 0 unspecified atom stereocenters. The summed E-state index contributed by atoms with van der Waals surface area (Å²) in [5, 5.41) is 0. The SMILES string of the molecule is COCCN(C1CC1)[C@H]1CCc2ccccc21. The lowest BCUT2D eigenvalue weighted by molar-refractivity contribution is 0.113. The van der Waals surface area contributed by atoms with Gasteiger partial charge in [0, 0.05) is 25.7 Å². The van der Waals surface area contributed by atoms with Crippen LogP contribution in [0.1, 0.15) is 36.4 Å². The second-order valence-electron chi connectivity index (χ2n) is 5.22. The topological polar surface area (TPSA) is 12.5 Å². The smallest absolute Gasteiger partial charge is 0.0590 e. The molecule has 0 N–H and O–H groups in total. The van der Waals surface area contributed by atoms with Crippen LogP contribution in [0.25, 0.3) is 0 Å².